The summed E-state index contributed by atoms with van der Waals surface area (Å²) < 4.78 is 18.4. The van der Waals surface area contributed by atoms with Crippen LogP contribution in [-0.4, -0.2) is 29.5 Å². The first-order valence-corrected chi connectivity index (χ1v) is 12.4. The molecule has 1 atom stereocenters. The van der Waals surface area contributed by atoms with Crippen LogP contribution in [0.4, 0.5) is 11.4 Å². The number of rotatable bonds is 7. The number of hydrogen-bond acceptors (Lipinski definition) is 5. The second-order valence-electron chi connectivity index (χ2n) is 6.44. The Balaban J connectivity index is 2.17. The minimum absolute atomic E-state index is 0.0431. The second kappa shape index (κ2) is 11.6. The molecular formula is C19H21Cl2N4O3PS2. The maximum Gasteiger partial charge on any atom is 0.308 e. The van der Waals surface area contributed by atoms with E-state index in [1.165, 1.54) is 7.11 Å². The van der Waals surface area contributed by atoms with Crippen molar-refractivity contribution in [2.75, 3.05) is 23.9 Å². The number of nitrogens with one attached hydrogen (secondary N) is 4. The van der Waals surface area contributed by atoms with E-state index in [9.17, 15) is 9.36 Å². The Morgan fingerprint density at radius 1 is 0.968 bits per heavy atom. The molecule has 7 nitrogen and oxygen atoms in total. The number of esters is 1. The van der Waals surface area contributed by atoms with Gasteiger partial charge in [0.2, 0.25) is 0 Å². The van der Waals surface area contributed by atoms with Crippen molar-refractivity contribution < 1.29 is 14.1 Å². The number of thiocarbonyl (C=S) groups is 2. The van der Waals surface area contributed by atoms with Gasteiger partial charge in [-0.1, -0.05) is 54.4 Å². The minimum Gasteiger partial charge on any atom is -0.469 e. The van der Waals surface area contributed by atoms with Gasteiger partial charge >= 0.3 is 5.97 Å². The molecule has 2 aromatic rings. The average molecular weight is 519 g/mol. The van der Waals surface area contributed by atoms with Gasteiger partial charge in [0.15, 0.2) is 10.2 Å². The third-order valence-corrected chi connectivity index (χ3v) is 7.54. The van der Waals surface area contributed by atoms with E-state index in [1.807, 2.05) is 0 Å². The van der Waals surface area contributed by atoms with Crippen molar-refractivity contribution >= 4 is 82.6 Å². The fourth-order valence-corrected chi connectivity index (χ4v) is 5.93. The Bertz CT molecular complexity index is 960. The number of hydrogen-bond donors (Lipinski definition) is 4. The van der Waals surface area contributed by atoms with E-state index in [-0.39, 0.29) is 16.4 Å². The topological polar surface area (TPSA) is 91.5 Å². The molecule has 0 bridgehead atoms. The summed E-state index contributed by atoms with van der Waals surface area (Å²) >= 11 is 22.9. The van der Waals surface area contributed by atoms with Crippen molar-refractivity contribution in [3.05, 3.63) is 58.6 Å². The molecule has 2 rings (SSSR count). The van der Waals surface area contributed by atoms with Gasteiger partial charge in [-0.25, -0.2) is 0 Å². The lowest BCUT2D eigenvalue weighted by Gasteiger charge is -2.26. The first-order valence-electron chi connectivity index (χ1n) is 8.98. The molecule has 0 amide bonds. The molecule has 0 saturated carbocycles. The zero-order chi connectivity index (χ0) is 23.0. The maximum absolute atomic E-state index is 13.7. The van der Waals surface area contributed by atoms with Gasteiger partial charge < -0.3 is 15.4 Å². The van der Waals surface area contributed by atoms with E-state index in [1.54, 1.807) is 55.5 Å². The molecule has 0 spiro atoms. The third kappa shape index (κ3) is 7.94. The Hall–Kier alpha value is -1.90. The lowest BCUT2D eigenvalue weighted by molar-refractivity contribution is -0.144. The highest BCUT2D eigenvalue weighted by Gasteiger charge is 2.31. The molecule has 31 heavy (non-hydrogen) atoms. The van der Waals surface area contributed by atoms with E-state index in [0.29, 0.717) is 21.4 Å². The van der Waals surface area contributed by atoms with Crippen LogP contribution < -0.4 is 20.8 Å². The molecular weight excluding hydrogens is 498 g/mol. The third-order valence-electron chi connectivity index (χ3n) is 3.94. The van der Waals surface area contributed by atoms with Crippen LogP contribution in [0.1, 0.15) is 6.92 Å². The van der Waals surface area contributed by atoms with Gasteiger partial charge in [0.25, 0.3) is 7.44 Å². The zero-order valence-electron chi connectivity index (χ0n) is 16.6. The Labute approximate surface area is 201 Å². The molecule has 0 aliphatic rings. The molecule has 0 aromatic heterocycles. The van der Waals surface area contributed by atoms with Crippen LogP contribution in [0, 0.1) is 5.92 Å². The molecule has 4 N–H and O–H groups in total. The second-order valence-corrected chi connectivity index (χ2v) is 10.4. The van der Waals surface area contributed by atoms with Crippen LogP contribution in [-0.2, 0) is 14.1 Å². The molecule has 0 aliphatic heterocycles. The summed E-state index contributed by atoms with van der Waals surface area (Å²) in [5.74, 6) is -1.21. The van der Waals surface area contributed by atoms with E-state index >= 15 is 0 Å². The van der Waals surface area contributed by atoms with Gasteiger partial charge in [-0.15, -0.1) is 0 Å². The van der Waals surface area contributed by atoms with Gasteiger partial charge in [0.05, 0.1) is 40.6 Å². The number of benzene rings is 2. The molecule has 0 radical (unpaired) electrons. The molecule has 2 aromatic carbocycles. The number of carbonyl (C=O) groups is 1. The summed E-state index contributed by atoms with van der Waals surface area (Å²) in [6.07, 6.45) is -0.117. The van der Waals surface area contributed by atoms with Crippen LogP contribution in [0.15, 0.2) is 48.5 Å². The van der Waals surface area contributed by atoms with Gasteiger partial charge in [0, 0.05) is 0 Å². The Morgan fingerprint density at radius 2 is 1.39 bits per heavy atom. The van der Waals surface area contributed by atoms with E-state index in [2.05, 4.69) is 20.8 Å². The maximum atomic E-state index is 13.7. The number of carbonyl (C=O) groups excluding carboxylic acids is 1. The van der Waals surface area contributed by atoms with E-state index in [0.717, 1.165) is 0 Å². The quantitative estimate of drug-likeness (QED) is 0.222. The predicted octanol–water partition coefficient (Wildman–Crippen LogP) is 5.27. The number of ether oxygens (including phenoxy) is 1. The monoisotopic (exact) mass is 518 g/mol. The van der Waals surface area contributed by atoms with Crippen molar-refractivity contribution in [2.24, 2.45) is 5.92 Å². The van der Waals surface area contributed by atoms with E-state index < -0.39 is 19.3 Å². The van der Waals surface area contributed by atoms with Crippen LogP contribution in [0.2, 0.25) is 10.0 Å². The molecule has 0 fully saturated rings. The fraction of sp³-hybridized carbons (Fsp3) is 0.211. The highest BCUT2D eigenvalue weighted by atomic mass is 35.5. The summed E-state index contributed by atoms with van der Waals surface area (Å²) in [7, 11) is -2.29. The zero-order valence-corrected chi connectivity index (χ0v) is 20.7. The van der Waals surface area contributed by atoms with Crippen molar-refractivity contribution in [3.63, 3.8) is 0 Å². The van der Waals surface area contributed by atoms with Crippen molar-refractivity contribution in [1.82, 2.24) is 10.2 Å². The summed E-state index contributed by atoms with van der Waals surface area (Å²) in [4.78, 5) is 11.9. The smallest absolute Gasteiger partial charge is 0.308 e. The molecule has 0 saturated heterocycles. The number of anilines is 2. The van der Waals surface area contributed by atoms with Gasteiger partial charge in [-0.3, -0.25) is 19.5 Å². The van der Waals surface area contributed by atoms with Gasteiger partial charge in [-0.05, 0) is 48.7 Å². The normalized spacial score (nSPS) is 11.7. The average Bonchev–Trinajstić information content (AvgIpc) is 2.70. The van der Waals surface area contributed by atoms with Gasteiger partial charge in [-0.2, -0.15) is 0 Å². The molecule has 0 unspecified atom stereocenters. The highest BCUT2D eigenvalue weighted by molar-refractivity contribution is 7.82. The Morgan fingerprint density at radius 3 is 1.77 bits per heavy atom. The van der Waals surface area contributed by atoms with Gasteiger partial charge in [0.1, 0.15) is 0 Å². The van der Waals surface area contributed by atoms with Crippen LogP contribution >= 0.6 is 55.1 Å². The van der Waals surface area contributed by atoms with Crippen LogP contribution in [0.3, 0.4) is 0 Å². The Kier molecular flexibility index (Phi) is 9.53. The molecule has 166 valence electrons. The minimum atomic E-state index is -3.55. The molecule has 12 heteroatoms. The largest absolute Gasteiger partial charge is 0.469 e. The lowest BCUT2D eigenvalue weighted by Crippen LogP contribution is -2.38. The molecule has 0 aliphatic carbocycles. The van der Waals surface area contributed by atoms with E-state index in [4.69, 9.17) is 52.4 Å². The van der Waals surface area contributed by atoms with Crippen molar-refractivity contribution in [1.29, 1.82) is 0 Å². The highest BCUT2D eigenvalue weighted by Crippen LogP contribution is 2.39. The summed E-state index contributed by atoms with van der Waals surface area (Å²) in [5.41, 5.74) is 1.07. The summed E-state index contributed by atoms with van der Waals surface area (Å²) in [6, 6.07) is 13.9. The number of para-hydroxylation sites is 2. The first kappa shape index (κ1) is 25.4. The first-order chi connectivity index (χ1) is 14.6. The fourth-order valence-electron chi connectivity index (χ4n) is 2.53. The van der Waals surface area contributed by atoms with Crippen molar-refractivity contribution in [3.8, 4) is 0 Å². The SMILES string of the molecule is COC(=O)[C@H](C)CP(=O)(NC(=S)Nc1ccccc1Cl)NC(=S)Nc1ccccc1Cl. The predicted molar refractivity (Wildman–Crippen MR) is 135 cm³/mol. The lowest BCUT2D eigenvalue weighted by atomic mass is 10.2. The summed E-state index contributed by atoms with van der Waals surface area (Å²) in [6.45, 7) is 1.59. The summed E-state index contributed by atoms with van der Waals surface area (Å²) in [5, 5.41) is 12.2. The standard InChI is InChI=1S/C19H21Cl2N4O3PS2/c1-12(17(26)28-2)11-29(27,24-18(30)22-15-9-5-3-7-13(15)20)25-19(31)23-16-10-6-4-8-14(16)21/h3-10,12H,11H2,1-2H3,(H4,22,23,24,25,27,30,31)/t12-/m1/s1. The number of methoxy groups -OCH3 is 1. The molecule has 0 heterocycles. The van der Waals surface area contributed by atoms with Crippen molar-refractivity contribution in [2.45, 2.75) is 6.92 Å². The number of halogens is 2. The van der Waals surface area contributed by atoms with Crippen LogP contribution in [0.25, 0.3) is 0 Å². The van der Waals surface area contributed by atoms with Crippen LogP contribution in [0.5, 0.6) is 0 Å².